The third-order valence-electron chi connectivity index (χ3n) is 10.4. The Bertz CT molecular complexity index is 1280. The van der Waals surface area contributed by atoms with Gasteiger partial charge in [0.25, 0.3) is 0 Å². The molecule has 49 heavy (non-hydrogen) atoms. The van der Waals surface area contributed by atoms with Gasteiger partial charge in [-0.15, -0.1) is 0 Å². The van der Waals surface area contributed by atoms with Crippen molar-refractivity contribution in [3.8, 4) is 0 Å². The molecule has 0 saturated carbocycles. The van der Waals surface area contributed by atoms with Crippen molar-refractivity contribution >= 4 is 17.5 Å². The molecule has 0 aliphatic carbocycles. The molecule has 3 heterocycles. The third kappa shape index (κ3) is 12.2. The van der Waals surface area contributed by atoms with E-state index in [4.69, 9.17) is 14.2 Å². The SMILES string of the molecule is C=C1/C=C(\C)[C@@H](C)[C@@H](O)CC(=O)[C@@H](C)CC(=O)C[C@H]2CC[C@@H](O2)[C@@H](/C=C/C=C(\C)[C@@H](O)C(=C)CCC)OC(=O)C[C@@H]2O[C@H](C[C@H]2C)[C@H](O)C1. The van der Waals surface area contributed by atoms with Crippen molar-refractivity contribution in [2.45, 2.75) is 155 Å². The molecule has 3 rings (SSSR count). The number of rotatable bonds is 6. The quantitative estimate of drug-likeness (QED) is 0.173. The van der Waals surface area contributed by atoms with Crippen molar-refractivity contribution in [1.82, 2.24) is 0 Å². The summed E-state index contributed by atoms with van der Waals surface area (Å²) in [5, 5.41) is 32.5. The molecule has 0 radical (unpaired) electrons. The topological polar surface area (TPSA) is 140 Å². The first-order valence-electron chi connectivity index (χ1n) is 18.1. The molecule has 274 valence electrons. The molecule has 3 aliphatic heterocycles. The van der Waals surface area contributed by atoms with E-state index in [9.17, 15) is 29.7 Å². The van der Waals surface area contributed by atoms with E-state index in [2.05, 4.69) is 13.2 Å². The lowest BCUT2D eigenvalue weighted by Gasteiger charge is -2.23. The molecule has 11 atom stereocenters. The number of ether oxygens (including phenoxy) is 3. The molecule has 0 aromatic rings. The van der Waals surface area contributed by atoms with Gasteiger partial charge in [-0.05, 0) is 62.7 Å². The lowest BCUT2D eigenvalue weighted by Crippen LogP contribution is -2.32. The van der Waals surface area contributed by atoms with Crippen LogP contribution in [0.4, 0.5) is 0 Å². The first-order chi connectivity index (χ1) is 23.1. The van der Waals surface area contributed by atoms with Gasteiger partial charge in [-0.1, -0.05) is 76.6 Å². The number of fused-ring (bicyclic) bond motifs is 4. The maximum atomic E-state index is 13.3. The van der Waals surface area contributed by atoms with Crippen LogP contribution in [0.2, 0.25) is 0 Å². The molecule has 2 fully saturated rings. The van der Waals surface area contributed by atoms with Gasteiger partial charge in [0.05, 0.1) is 49.1 Å². The fraction of sp³-hybridized carbons (Fsp3) is 0.675. The Morgan fingerprint density at radius 3 is 2.39 bits per heavy atom. The highest BCUT2D eigenvalue weighted by atomic mass is 16.6. The van der Waals surface area contributed by atoms with E-state index < -0.39 is 54.6 Å². The summed E-state index contributed by atoms with van der Waals surface area (Å²) in [6, 6.07) is 0. The first-order valence-corrected chi connectivity index (χ1v) is 18.1. The molecule has 3 N–H and O–H groups in total. The van der Waals surface area contributed by atoms with E-state index in [1.54, 1.807) is 25.2 Å². The lowest BCUT2D eigenvalue weighted by molar-refractivity contribution is -0.157. The Kier molecular flexibility index (Phi) is 15.8. The standard InChI is InChI=1S/C40H60O9/c1-9-11-24(3)40(46)25(4)12-10-13-35-36-15-14-31(47-36)20-30(41)18-27(6)32(42)21-33(43)29(8)26(5)16-23(2)17-34(44)38-19-28(7)37(48-38)22-39(45)49-35/h10,12-13,16,27-29,31,33-38,40,43-44,46H,2-3,9,11,14-15,17-22H2,1,4-8H3/b13-10+,25-12+,26-16+/t27-,28+,29+,31+,33-,34+,35+,36+,37-,38+,40-/m0/s1. The Hall–Kier alpha value is -2.69. The van der Waals surface area contributed by atoms with Crippen molar-refractivity contribution in [3.05, 3.63) is 59.8 Å². The molecule has 9 heteroatoms. The molecule has 9 nitrogen and oxygen atoms in total. The van der Waals surface area contributed by atoms with Crippen molar-refractivity contribution in [2.24, 2.45) is 17.8 Å². The molecule has 0 aromatic carbocycles. The second kappa shape index (κ2) is 19.1. The number of allylic oxidation sites excluding steroid dienone is 3. The van der Waals surface area contributed by atoms with Gasteiger partial charge in [0.2, 0.25) is 0 Å². The van der Waals surface area contributed by atoms with Gasteiger partial charge in [0.15, 0.2) is 0 Å². The summed E-state index contributed by atoms with van der Waals surface area (Å²) in [7, 11) is 0. The minimum Gasteiger partial charge on any atom is -0.455 e. The second-order valence-electron chi connectivity index (χ2n) is 14.8. The Balaban J connectivity index is 1.83. The normalized spacial score (nSPS) is 36.8. The molecule has 0 amide bonds. The van der Waals surface area contributed by atoms with E-state index in [-0.39, 0.29) is 61.6 Å². The highest BCUT2D eigenvalue weighted by Crippen LogP contribution is 2.34. The predicted molar refractivity (Wildman–Crippen MR) is 190 cm³/mol. The molecule has 0 unspecified atom stereocenters. The summed E-state index contributed by atoms with van der Waals surface area (Å²) in [5.41, 5.74) is 2.95. The number of esters is 1. The van der Waals surface area contributed by atoms with Crippen LogP contribution < -0.4 is 0 Å². The fourth-order valence-electron chi connectivity index (χ4n) is 6.94. The van der Waals surface area contributed by atoms with Crippen LogP contribution in [0.1, 0.15) is 106 Å². The fourth-order valence-corrected chi connectivity index (χ4v) is 6.94. The summed E-state index contributed by atoms with van der Waals surface area (Å²) in [5.74, 6) is -1.59. The third-order valence-corrected chi connectivity index (χ3v) is 10.4. The summed E-state index contributed by atoms with van der Waals surface area (Å²) in [6.07, 6.45) is 5.80. The average Bonchev–Trinajstić information content (AvgIpc) is 3.65. The van der Waals surface area contributed by atoms with Crippen molar-refractivity contribution in [3.63, 3.8) is 0 Å². The number of hydrogen-bond acceptors (Lipinski definition) is 9. The van der Waals surface area contributed by atoms with Gasteiger partial charge in [-0.25, -0.2) is 0 Å². The minimum atomic E-state index is -0.918. The molecular weight excluding hydrogens is 624 g/mol. The smallest absolute Gasteiger partial charge is 0.309 e. The van der Waals surface area contributed by atoms with Crippen LogP contribution in [0.5, 0.6) is 0 Å². The van der Waals surface area contributed by atoms with Crippen LogP contribution in [0.25, 0.3) is 0 Å². The number of carbonyl (C=O) groups is 3. The van der Waals surface area contributed by atoms with Crippen LogP contribution in [-0.2, 0) is 28.6 Å². The Morgan fingerprint density at radius 1 is 0.980 bits per heavy atom. The van der Waals surface area contributed by atoms with Crippen LogP contribution >= 0.6 is 0 Å². The summed E-state index contributed by atoms with van der Waals surface area (Å²) in [6.45, 7) is 19.3. The number of ketones is 2. The van der Waals surface area contributed by atoms with Crippen molar-refractivity contribution < 1.29 is 43.9 Å². The van der Waals surface area contributed by atoms with E-state index in [0.29, 0.717) is 36.8 Å². The van der Waals surface area contributed by atoms with E-state index in [1.807, 2.05) is 40.7 Å². The molecule has 0 spiro atoms. The number of Topliss-reactive ketones (excluding diaryl/α,β-unsaturated/α-hetero) is 2. The maximum absolute atomic E-state index is 13.3. The van der Waals surface area contributed by atoms with Gasteiger partial charge >= 0.3 is 5.97 Å². The first kappa shape index (κ1) is 40.7. The van der Waals surface area contributed by atoms with Gasteiger partial charge < -0.3 is 29.5 Å². The predicted octanol–water partition coefficient (Wildman–Crippen LogP) is 6.06. The number of hydrogen-bond donors (Lipinski definition) is 3. The second-order valence-corrected chi connectivity index (χ2v) is 14.8. The zero-order valence-electron chi connectivity index (χ0n) is 30.4. The van der Waals surface area contributed by atoms with Crippen molar-refractivity contribution in [2.75, 3.05) is 0 Å². The molecule has 0 aromatic heterocycles. The van der Waals surface area contributed by atoms with E-state index in [1.165, 1.54) is 0 Å². The largest absolute Gasteiger partial charge is 0.455 e. The van der Waals surface area contributed by atoms with Gasteiger partial charge in [-0.3, -0.25) is 14.4 Å². The number of aliphatic hydroxyl groups excluding tert-OH is 3. The molecule has 4 bridgehead atoms. The summed E-state index contributed by atoms with van der Waals surface area (Å²) in [4.78, 5) is 39.4. The van der Waals surface area contributed by atoms with Crippen LogP contribution in [-0.4, -0.2) is 81.7 Å². The average molecular weight is 685 g/mol. The zero-order chi connectivity index (χ0) is 36.4. The van der Waals surface area contributed by atoms with Crippen LogP contribution in [0.15, 0.2) is 59.8 Å². The number of carbonyl (C=O) groups excluding carboxylic acids is 3. The molecule has 3 aliphatic rings. The molecule has 2 saturated heterocycles. The lowest BCUT2D eigenvalue weighted by atomic mass is 9.87. The highest BCUT2D eigenvalue weighted by Gasteiger charge is 2.39. The number of aliphatic hydroxyl groups is 3. The van der Waals surface area contributed by atoms with E-state index in [0.717, 1.165) is 17.6 Å². The van der Waals surface area contributed by atoms with Crippen LogP contribution in [0.3, 0.4) is 0 Å². The van der Waals surface area contributed by atoms with Crippen molar-refractivity contribution in [1.29, 1.82) is 0 Å². The Labute approximate surface area is 293 Å². The highest BCUT2D eigenvalue weighted by molar-refractivity contribution is 5.88. The zero-order valence-corrected chi connectivity index (χ0v) is 30.4. The van der Waals surface area contributed by atoms with Gasteiger partial charge in [-0.2, -0.15) is 0 Å². The minimum absolute atomic E-state index is 0.00814. The monoisotopic (exact) mass is 684 g/mol. The number of cyclic esters (lactones) is 1. The van der Waals surface area contributed by atoms with Gasteiger partial charge in [0.1, 0.15) is 17.7 Å². The summed E-state index contributed by atoms with van der Waals surface area (Å²) < 4.78 is 18.4. The molecular formula is C40H60O9. The van der Waals surface area contributed by atoms with E-state index >= 15 is 0 Å². The van der Waals surface area contributed by atoms with Gasteiger partial charge in [0, 0.05) is 37.5 Å². The van der Waals surface area contributed by atoms with Crippen LogP contribution in [0, 0.1) is 17.8 Å². The Morgan fingerprint density at radius 2 is 1.69 bits per heavy atom. The maximum Gasteiger partial charge on any atom is 0.309 e. The summed E-state index contributed by atoms with van der Waals surface area (Å²) >= 11 is 0.